The molecule has 0 saturated carbocycles. The van der Waals surface area contributed by atoms with E-state index in [4.69, 9.17) is 0 Å². The van der Waals surface area contributed by atoms with Gasteiger partial charge in [-0.25, -0.2) is 4.68 Å². The number of amides is 1. The van der Waals surface area contributed by atoms with Crippen molar-refractivity contribution in [2.45, 2.75) is 12.6 Å². The van der Waals surface area contributed by atoms with E-state index in [-0.39, 0.29) is 18.5 Å². The average molecular weight is 182 g/mol. The lowest BCUT2D eigenvalue weighted by Crippen LogP contribution is -2.57. The Morgan fingerprint density at radius 3 is 3.08 bits per heavy atom. The molecule has 1 saturated heterocycles. The maximum atomic E-state index is 11.3. The number of nitrogens with one attached hydrogen (secondary N) is 2. The number of tetrazole rings is 1. The van der Waals surface area contributed by atoms with Gasteiger partial charge in [-0.3, -0.25) is 4.79 Å². The average Bonchev–Trinajstić information content (AvgIpc) is 2.49. The first-order valence-electron chi connectivity index (χ1n) is 4.05. The van der Waals surface area contributed by atoms with E-state index in [2.05, 4.69) is 26.2 Å². The zero-order valence-electron chi connectivity index (χ0n) is 6.97. The number of nitrogens with zero attached hydrogens (tertiary/aromatic N) is 4. The van der Waals surface area contributed by atoms with E-state index in [0.717, 1.165) is 13.1 Å². The highest BCUT2D eigenvalue weighted by Crippen LogP contribution is 1.90. The summed E-state index contributed by atoms with van der Waals surface area (Å²) in [5, 5.41) is 16.3. The Kier molecular flexibility index (Phi) is 2.17. The molecule has 2 rings (SSSR count). The Morgan fingerprint density at radius 2 is 2.54 bits per heavy atom. The standard InChI is InChI=1S/C6H10N6O/c13-6(9-5-1-7-2-5)3-12-4-8-10-11-12/h4-5,7H,1-3H2,(H,9,13). The molecule has 2 N–H and O–H groups in total. The smallest absolute Gasteiger partial charge is 0.242 e. The number of rotatable bonds is 3. The van der Waals surface area contributed by atoms with Crippen molar-refractivity contribution in [3.05, 3.63) is 6.33 Å². The van der Waals surface area contributed by atoms with Crippen LogP contribution in [0.5, 0.6) is 0 Å². The van der Waals surface area contributed by atoms with Crippen LogP contribution in [0.4, 0.5) is 0 Å². The molecule has 1 aromatic rings. The molecule has 0 atom stereocenters. The Morgan fingerprint density at radius 1 is 1.69 bits per heavy atom. The van der Waals surface area contributed by atoms with Crippen LogP contribution in [0.1, 0.15) is 0 Å². The van der Waals surface area contributed by atoms with Crippen molar-refractivity contribution < 1.29 is 4.79 Å². The molecule has 0 aromatic carbocycles. The molecular formula is C6H10N6O. The van der Waals surface area contributed by atoms with Gasteiger partial charge in [0.15, 0.2) is 0 Å². The zero-order valence-corrected chi connectivity index (χ0v) is 6.97. The summed E-state index contributed by atoms with van der Waals surface area (Å²) < 4.78 is 1.39. The second-order valence-electron chi connectivity index (χ2n) is 2.93. The van der Waals surface area contributed by atoms with Crippen LogP contribution in [0.15, 0.2) is 6.33 Å². The van der Waals surface area contributed by atoms with Crippen molar-refractivity contribution in [1.82, 2.24) is 30.8 Å². The molecule has 0 aliphatic carbocycles. The summed E-state index contributed by atoms with van der Waals surface area (Å²) in [4.78, 5) is 11.3. The van der Waals surface area contributed by atoms with Gasteiger partial charge in [0.25, 0.3) is 0 Å². The van der Waals surface area contributed by atoms with Crippen molar-refractivity contribution in [3.63, 3.8) is 0 Å². The summed E-state index contributed by atoms with van der Waals surface area (Å²) in [7, 11) is 0. The molecule has 0 unspecified atom stereocenters. The van der Waals surface area contributed by atoms with E-state index in [1.54, 1.807) is 0 Å². The van der Waals surface area contributed by atoms with Crippen molar-refractivity contribution >= 4 is 5.91 Å². The predicted octanol–water partition coefficient (Wildman–Crippen LogP) is -2.24. The first kappa shape index (κ1) is 8.11. The highest BCUT2D eigenvalue weighted by Gasteiger charge is 2.18. The van der Waals surface area contributed by atoms with E-state index in [9.17, 15) is 4.79 Å². The lowest BCUT2D eigenvalue weighted by atomic mass is 10.2. The molecular weight excluding hydrogens is 172 g/mol. The van der Waals surface area contributed by atoms with Crippen LogP contribution in [0.25, 0.3) is 0 Å². The minimum atomic E-state index is -0.0567. The molecule has 1 amide bonds. The van der Waals surface area contributed by atoms with Gasteiger partial charge in [-0.05, 0) is 10.4 Å². The van der Waals surface area contributed by atoms with Gasteiger partial charge < -0.3 is 10.6 Å². The minimum Gasteiger partial charge on any atom is -0.349 e. The van der Waals surface area contributed by atoms with Gasteiger partial charge in [0.1, 0.15) is 12.9 Å². The van der Waals surface area contributed by atoms with Gasteiger partial charge in [0, 0.05) is 13.1 Å². The van der Waals surface area contributed by atoms with Crippen molar-refractivity contribution in [2.24, 2.45) is 0 Å². The number of hydrogen-bond acceptors (Lipinski definition) is 5. The minimum absolute atomic E-state index is 0.0567. The number of aromatic nitrogens is 4. The van der Waals surface area contributed by atoms with E-state index in [1.165, 1.54) is 11.0 Å². The highest BCUT2D eigenvalue weighted by molar-refractivity contribution is 5.76. The second kappa shape index (κ2) is 3.48. The number of carbonyl (C=O) groups is 1. The van der Waals surface area contributed by atoms with Crippen LogP contribution in [0.3, 0.4) is 0 Å². The van der Waals surface area contributed by atoms with Gasteiger partial charge in [0.05, 0.1) is 6.04 Å². The largest absolute Gasteiger partial charge is 0.349 e. The predicted molar refractivity (Wildman–Crippen MR) is 42.6 cm³/mol. The van der Waals surface area contributed by atoms with Crippen LogP contribution in [0, 0.1) is 0 Å². The third-order valence-electron chi connectivity index (χ3n) is 1.84. The molecule has 1 aromatic heterocycles. The summed E-state index contributed by atoms with van der Waals surface area (Å²) >= 11 is 0. The van der Waals surface area contributed by atoms with Gasteiger partial charge in [-0.2, -0.15) is 0 Å². The summed E-state index contributed by atoms with van der Waals surface area (Å²) in [6.07, 6.45) is 1.42. The fraction of sp³-hybridized carbons (Fsp3) is 0.667. The molecule has 0 radical (unpaired) electrons. The molecule has 7 heteroatoms. The third kappa shape index (κ3) is 2.00. The monoisotopic (exact) mass is 182 g/mol. The number of hydrogen-bond donors (Lipinski definition) is 2. The molecule has 0 bridgehead atoms. The van der Waals surface area contributed by atoms with Crippen LogP contribution in [-0.2, 0) is 11.3 Å². The first-order valence-corrected chi connectivity index (χ1v) is 4.05. The quantitative estimate of drug-likeness (QED) is 0.552. The van der Waals surface area contributed by atoms with Crippen LogP contribution in [-0.4, -0.2) is 45.2 Å². The maximum absolute atomic E-state index is 11.3. The summed E-state index contributed by atoms with van der Waals surface area (Å²) in [6.45, 7) is 1.88. The van der Waals surface area contributed by atoms with Gasteiger partial charge in [-0.15, -0.1) is 5.10 Å². The van der Waals surface area contributed by atoms with Crippen LogP contribution >= 0.6 is 0 Å². The Balaban J connectivity index is 1.78. The van der Waals surface area contributed by atoms with Gasteiger partial charge in [0.2, 0.25) is 5.91 Å². The molecule has 0 spiro atoms. The molecule has 1 fully saturated rings. The molecule has 7 nitrogen and oxygen atoms in total. The Hall–Kier alpha value is -1.50. The SMILES string of the molecule is O=C(Cn1cnnn1)NC1CNC1. The first-order chi connectivity index (χ1) is 6.34. The summed E-state index contributed by atoms with van der Waals surface area (Å²) in [5.74, 6) is -0.0567. The normalized spacial score (nSPS) is 16.6. The van der Waals surface area contributed by atoms with Crippen molar-refractivity contribution in [3.8, 4) is 0 Å². The highest BCUT2D eigenvalue weighted by atomic mass is 16.2. The molecule has 2 heterocycles. The zero-order chi connectivity index (χ0) is 9.10. The van der Waals surface area contributed by atoms with Crippen LogP contribution < -0.4 is 10.6 Å². The molecule has 70 valence electrons. The second-order valence-corrected chi connectivity index (χ2v) is 2.93. The fourth-order valence-electron chi connectivity index (χ4n) is 1.06. The van der Waals surface area contributed by atoms with Crippen LogP contribution in [0.2, 0.25) is 0 Å². The number of carbonyl (C=O) groups excluding carboxylic acids is 1. The van der Waals surface area contributed by atoms with E-state index < -0.39 is 0 Å². The maximum Gasteiger partial charge on any atom is 0.242 e. The summed E-state index contributed by atoms with van der Waals surface area (Å²) in [6, 6.07) is 0.268. The molecule has 1 aliphatic heterocycles. The van der Waals surface area contributed by atoms with Gasteiger partial charge in [-0.1, -0.05) is 0 Å². The van der Waals surface area contributed by atoms with E-state index in [0.29, 0.717) is 0 Å². The third-order valence-corrected chi connectivity index (χ3v) is 1.84. The van der Waals surface area contributed by atoms with Crippen molar-refractivity contribution in [1.29, 1.82) is 0 Å². The van der Waals surface area contributed by atoms with E-state index in [1.807, 2.05) is 0 Å². The molecule has 13 heavy (non-hydrogen) atoms. The Labute approximate surface area is 74.5 Å². The fourth-order valence-corrected chi connectivity index (χ4v) is 1.06. The lowest BCUT2D eigenvalue weighted by molar-refractivity contribution is -0.122. The Bertz CT molecular complexity index is 279. The molecule has 1 aliphatic rings. The topological polar surface area (TPSA) is 84.7 Å². The van der Waals surface area contributed by atoms with Gasteiger partial charge >= 0.3 is 0 Å². The summed E-state index contributed by atoms with van der Waals surface area (Å²) in [5.41, 5.74) is 0. The van der Waals surface area contributed by atoms with E-state index >= 15 is 0 Å². The lowest BCUT2D eigenvalue weighted by Gasteiger charge is -2.27. The van der Waals surface area contributed by atoms with Crippen molar-refractivity contribution in [2.75, 3.05) is 13.1 Å².